The third-order valence-electron chi connectivity index (χ3n) is 4.66. The van der Waals surface area contributed by atoms with Crippen molar-refractivity contribution in [3.05, 3.63) is 42.5 Å². The van der Waals surface area contributed by atoms with Gasteiger partial charge in [-0.15, -0.1) is 0 Å². The fraction of sp³-hybridized carbons (Fsp3) is 0.545. The molecule has 0 bridgehead atoms. The first kappa shape index (κ1) is 18.8. The van der Waals surface area contributed by atoms with Gasteiger partial charge in [-0.05, 0) is 48.8 Å². The van der Waals surface area contributed by atoms with Gasteiger partial charge >= 0.3 is 0 Å². The lowest BCUT2D eigenvalue weighted by Crippen LogP contribution is -2.31. The Bertz CT molecular complexity index is 569. The topological polar surface area (TPSA) is 15.3 Å². The number of hydrogen-bond acceptors (Lipinski definition) is 2. The van der Waals surface area contributed by atoms with Crippen LogP contribution in [0.3, 0.4) is 0 Å². The molecule has 0 atom stereocenters. The summed E-state index contributed by atoms with van der Waals surface area (Å²) in [6.45, 7) is 9.22. The standard InChI is InChI=1S/C22H34N2/c1-3-5-9-16-24(17-10-6-4-2)18-15-23-22-14-13-20-11-7-8-12-21(20)19-22/h7-8,11-14,19,23H,3-6,9-10,15-18H2,1-2H3. The largest absolute Gasteiger partial charge is 0.384 e. The first-order valence-corrected chi connectivity index (χ1v) is 9.78. The zero-order chi connectivity index (χ0) is 17.0. The Morgan fingerprint density at radius 1 is 0.750 bits per heavy atom. The van der Waals surface area contributed by atoms with Crippen molar-refractivity contribution >= 4 is 16.5 Å². The van der Waals surface area contributed by atoms with Crippen LogP contribution in [0.25, 0.3) is 10.8 Å². The maximum absolute atomic E-state index is 3.61. The lowest BCUT2D eigenvalue weighted by Gasteiger charge is -2.22. The summed E-state index contributed by atoms with van der Waals surface area (Å²) in [4.78, 5) is 2.64. The Labute approximate surface area is 148 Å². The van der Waals surface area contributed by atoms with Gasteiger partial charge in [0.1, 0.15) is 0 Å². The van der Waals surface area contributed by atoms with Gasteiger partial charge in [-0.3, -0.25) is 0 Å². The second-order valence-electron chi connectivity index (χ2n) is 6.74. The summed E-state index contributed by atoms with van der Waals surface area (Å²) in [6, 6.07) is 15.2. The smallest absolute Gasteiger partial charge is 0.0347 e. The Morgan fingerprint density at radius 3 is 2.08 bits per heavy atom. The Hall–Kier alpha value is -1.54. The average Bonchev–Trinajstić information content (AvgIpc) is 2.61. The first-order valence-electron chi connectivity index (χ1n) is 9.78. The molecule has 0 aliphatic carbocycles. The van der Waals surface area contributed by atoms with Crippen LogP contribution < -0.4 is 5.32 Å². The van der Waals surface area contributed by atoms with E-state index in [0.29, 0.717) is 0 Å². The molecular formula is C22H34N2. The maximum Gasteiger partial charge on any atom is 0.0347 e. The predicted molar refractivity (Wildman–Crippen MR) is 108 cm³/mol. The molecule has 2 heteroatoms. The first-order chi connectivity index (χ1) is 11.8. The van der Waals surface area contributed by atoms with Gasteiger partial charge in [-0.1, -0.05) is 69.9 Å². The summed E-state index contributed by atoms with van der Waals surface area (Å²) in [5, 5.41) is 6.23. The van der Waals surface area contributed by atoms with Gasteiger partial charge in [0.2, 0.25) is 0 Å². The van der Waals surface area contributed by atoms with Crippen molar-refractivity contribution in [1.29, 1.82) is 0 Å². The van der Waals surface area contributed by atoms with Crippen molar-refractivity contribution in [2.45, 2.75) is 52.4 Å². The summed E-state index contributed by atoms with van der Waals surface area (Å²) >= 11 is 0. The molecule has 24 heavy (non-hydrogen) atoms. The number of unbranched alkanes of at least 4 members (excludes halogenated alkanes) is 4. The number of fused-ring (bicyclic) bond motifs is 1. The highest BCUT2D eigenvalue weighted by atomic mass is 15.1. The Kier molecular flexibility index (Phi) is 8.69. The van der Waals surface area contributed by atoms with E-state index >= 15 is 0 Å². The van der Waals surface area contributed by atoms with Crippen LogP contribution >= 0.6 is 0 Å². The van der Waals surface area contributed by atoms with Crippen molar-refractivity contribution in [3.63, 3.8) is 0 Å². The van der Waals surface area contributed by atoms with Crippen molar-refractivity contribution in [1.82, 2.24) is 4.90 Å². The van der Waals surface area contributed by atoms with E-state index in [4.69, 9.17) is 0 Å². The second-order valence-corrected chi connectivity index (χ2v) is 6.74. The zero-order valence-corrected chi connectivity index (χ0v) is 15.6. The van der Waals surface area contributed by atoms with Gasteiger partial charge in [-0.25, -0.2) is 0 Å². The van der Waals surface area contributed by atoms with Gasteiger partial charge < -0.3 is 10.2 Å². The van der Waals surface area contributed by atoms with Crippen molar-refractivity contribution < 1.29 is 0 Å². The van der Waals surface area contributed by atoms with Gasteiger partial charge in [-0.2, -0.15) is 0 Å². The highest BCUT2D eigenvalue weighted by Gasteiger charge is 2.04. The molecule has 0 fully saturated rings. The van der Waals surface area contributed by atoms with Crippen molar-refractivity contribution in [3.8, 4) is 0 Å². The molecule has 0 aliphatic heterocycles. The van der Waals surface area contributed by atoms with Crippen molar-refractivity contribution in [2.24, 2.45) is 0 Å². The van der Waals surface area contributed by atoms with E-state index in [-0.39, 0.29) is 0 Å². The summed E-state index contributed by atoms with van der Waals surface area (Å²) in [6.07, 6.45) is 7.97. The van der Waals surface area contributed by atoms with E-state index in [1.165, 1.54) is 68.1 Å². The van der Waals surface area contributed by atoms with Crippen LogP contribution in [-0.2, 0) is 0 Å². The molecular weight excluding hydrogens is 292 g/mol. The molecule has 0 aromatic heterocycles. The van der Waals surface area contributed by atoms with Gasteiger partial charge in [0.15, 0.2) is 0 Å². The van der Waals surface area contributed by atoms with Gasteiger partial charge in [0.05, 0.1) is 0 Å². The molecule has 2 aromatic carbocycles. The highest BCUT2D eigenvalue weighted by Crippen LogP contribution is 2.18. The molecule has 0 spiro atoms. The van der Waals surface area contributed by atoms with E-state index in [9.17, 15) is 0 Å². The zero-order valence-electron chi connectivity index (χ0n) is 15.6. The summed E-state index contributed by atoms with van der Waals surface area (Å²) in [5.41, 5.74) is 1.23. The fourth-order valence-electron chi connectivity index (χ4n) is 3.16. The second kappa shape index (κ2) is 11.1. The van der Waals surface area contributed by atoms with Crippen LogP contribution in [0.1, 0.15) is 52.4 Å². The summed E-state index contributed by atoms with van der Waals surface area (Å²) < 4.78 is 0. The molecule has 0 saturated heterocycles. The Morgan fingerprint density at radius 2 is 1.42 bits per heavy atom. The number of nitrogens with one attached hydrogen (secondary N) is 1. The third kappa shape index (κ3) is 6.52. The van der Waals surface area contributed by atoms with E-state index in [0.717, 1.165) is 13.1 Å². The van der Waals surface area contributed by atoms with Crippen LogP contribution in [0.5, 0.6) is 0 Å². The van der Waals surface area contributed by atoms with Crippen molar-refractivity contribution in [2.75, 3.05) is 31.5 Å². The normalized spacial score (nSPS) is 11.3. The average molecular weight is 327 g/mol. The van der Waals surface area contributed by atoms with Crippen LogP contribution in [0.4, 0.5) is 5.69 Å². The molecule has 2 aromatic rings. The molecule has 132 valence electrons. The third-order valence-corrected chi connectivity index (χ3v) is 4.66. The molecule has 1 N–H and O–H groups in total. The maximum atomic E-state index is 3.61. The molecule has 0 radical (unpaired) electrons. The predicted octanol–water partition coefficient (Wildman–Crippen LogP) is 5.93. The van der Waals surface area contributed by atoms with Crippen LogP contribution in [0, 0.1) is 0 Å². The summed E-state index contributed by atoms with van der Waals surface area (Å²) in [7, 11) is 0. The van der Waals surface area contributed by atoms with Gasteiger partial charge in [0, 0.05) is 18.8 Å². The SMILES string of the molecule is CCCCCN(CCCCC)CCNc1ccc2ccccc2c1. The number of hydrogen-bond donors (Lipinski definition) is 1. The molecule has 0 saturated carbocycles. The van der Waals surface area contributed by atoms with Crippen LogP contribution in [0.2, 0.25) is 0 Å². The molecule has 0 heterocycles. The lowest BCUT2D eigenvalue weighted by molar-refractivity contribution is 0.271. The van der Waals surface area contributed by atoms with Crippen LogP contribution in [-0.4, -0.2) is 31.1 Å². The number of benzene rings is 2. The minimum atomic E-state index is 1.02. The monoisotopic (exact) mass is 326 g/mol. The molecule has 0 unspecified atom stereocenters. The van der Waals surface area contributed by atoms with E-state index in [1.807, 2.05) is 0 Å². The number of anilines is 1. The minimum absolute atomic E-state index is 1.02. The van der Waals surface area contributed by atoms with E-state index in [2.05, 4.69) is 66.5 Å². The fourth-order valence-corrected chi connectivity index (χ4v) is 3.16. The van der Waals surface area contributed by atoms with E-state index in [1.54, 1.807) is 0 Å². The number of nitrogens with zero attached hydrogens (tertiary/aromatic N) is 1. The summed E-state index contributed by atoms with van der Waals surface area (Å²) in [5.74, 6) is 0. The van der Waals surface area contributed by atoms with Gasteiger partial charge in [0.25, 0.3) is 0 Å². The number of rotatable bonds is 12. The molecule has 2 rings (SSSR count). The molecule has 2 nitrogen and oxygen atoms in total. The van der Waals surface area contributed by atoms with Crippen LogP contribution in [0.15, 0.2) is 42.5 Å². The molecule has 0 amide bonds. The quantitative estimate of drug-likeness (QED) is 0.486. The highest BCUT2D eigenvalue weighted by molar-refractivity contribution is 5.85. The lowest BCUT2D eigenvalue weighted by atomic mass is 10.1. The molecule has 0 aliphatic rings. The minimum Gasteiger partial charge on any atom is -0.384 e. The Balaban J connectivity index is 1.80. The van der Waals surface area contributed by atoms with E-state index < -0.39 is 0 Å².